The molecule has 4 aromatic rings. The number of hydrogen-bond donors (Lipinski definition) is 2. The first-order chi connectivity index (χ1) is 20.6. The largest absolute Gasteiger partial charge is 0.483 e. The van der Waals surface area contributed by atoms with Crippen molar-refractivity contribution in [1.29, 1.82) is 0 Å². The van der Waals surface area contributed by atoms with Crippen LogP contribution in [-0.4, -0.2) is 39.5 Å². The summed E-state index contributed by atoms with van der Waals surface area (Å²) < 4.78 is 19.8. The normalized spacial score (nSPS) is 19.1. The lowest BCUT2D eigenvalue weighted by atomic mass is 9.82. The summed E-state index contributed by atoms with van der Waals surface area (Å²) in [7, 11) is 0. The number of nitro benzene ring substituents is 1. The van der Waals surface area contributed by atoms with Crippen LogP contribution in [0.1, 0.15) is 16.4 Å². The minimum atomic E-state index is -0.948. The molecule has 2 aliphatic heterocycles. The number of ether oxygens (including phenoxy) is 1. The minimum absolute atomic E-state index is 0.188. The molecule has 3 amide bonds. The Morgan fingerprint density at radius 2 is 1.79 bits per heavy atom. The van der Waals surface area contributed by atoms with E-state index in [1.54, 1.807) is 18.2 Å². The number of aromatic amines is 1. The van der Waals surface area contributed by atoms with E-state index in [1.165, 1.54) is 48.5 Å². The van der Waals surface area contributed by atoms with Crippen LogP contribution in [0.25, 0.3) is 0 Å². The number of fused-ring (bicyclic) bond motifs is 2. The molecule has 1 aromatic heterocycles. The summed E-state index contributed by atoms with van der Waals surface area (Å²) in [6, 6.07) is 15.4. The fraction of sp³-hybridized carbons (Fsp3) is 0.143. The van der Waals surface area contributed by atoms with Gasteiger partial charge < -0.3 is 15.0 Å². The summed E-state index contributed by atoms with van der Waals surface area (Å²) in [4.78, 5) is 67.3. The maximum Gasteiger partial charge on any atom is 0.305 e. The Hall–Kier alpha value is -4.34. The zero-order valence-corrected chi connectivity index (χ0v) is 24.8. The average Bonchev–Trinajstić information content (AvgIpc) is 3.47. The number of non-ortho nitro benzene ring substituents is 1. The number of benzene rings is 3. The van der Waals surface area contributed by atoms with Crippen molar-refractivity contribution in [1.82, 2.24) is 4.98 Å². The number of nitrogens with zero attached hydrogens (tertiary/aromatic N) is 2. The van der Waals surface area contributed by atoms with Gasteiger partial charge in [-0.1, -0.05) is 39.0 Å². The highest BCUT2D eigenvalue weighted by molar-refractivity contribution is 9.10. The molecule has 0 aliphatic carbocycles. The highest BCUT2D eigenvalue weighted by atomic mass is 79.9. The second-order valence-electron chi connectivity index (χ2n) is 9.56. The Morgan fingerprint density at radius 1 is 1.07 bits per heavy atom. The number of anilines is 2. The standard InChI is InChI=1S/C28H18BrFN4O7S2/c29-13-1-10-19(41-12-20(35)31-15-4-2-14(30)3-5-15)18(11-13)21-22-24(42-25-23(21)43-28(38)32-25)27(37)33(26(22)36)16-6-8-17(9-7-16)34(39)40/h1-11,21-22,24H,12H2,(H,31,35)(H,32,38)/t21-,22-,24+/m0/s1. The molecule has 0 radical (unpaired) electrons. The van der Waals surface area contributed by atoms with Gasteiger partial charge >= 0.3 is 4.87 Å². The first-order valence-electron chi connectivity index (χ1n) is 12.6. The summed E-state index contributed by atoms with van der Waals surface area (Å²) in [6.45, 7) is -0.417. The number of halogens is 2. The third-order valence-electron chi connectivity index (χ3n) is 6.94. The molecule has 3 aromatic carbocycles. The first kappa shape index (κ1) is 28.8. The fourth-order valence-corrected chi connectivity index (χ4v) is 7.98. The van der Waals surface area contributed by atoms with Gasteiger partial charge in [-0.25, -0.2) is 9.29 Å². The van der Waals surface area contributed by atoms with Gasteiger partial charge in [0.15, 0.2) is 6.61 Å². The van der Waals surface area contributed by atoms with Crippen molar-refractivity contribution in [2.75, 3.05) is 16.8 Å². The first-order valence-corrected chi connectivity index (χ1v) is 15.1. The summed E-state index contributed by atoms with van der Waals surface area (Å²) in [5.74, 6) is -3.50. The summed E-state index contributed by atoms with van der Waals surface area (Å²) in [6.07, 6.45) is 0. The van der Waals surface area contributed by atoms with E-state index in [0.717, 1.165) is 28.0 Å². The Bertz CT molecular complexity index is 1850. The predicted octanol–water partition coefficient (Wildman–Crippen LogP) is 5.06. The Morgan fingerprint density at radius 3 is 2.49 bits per heavy atom. The topological polar surface area (TPSA) is 152 Å². The summed E-state index contributed by atoms with van der Waals surface area (Å²) in [5.41, 5.74) is 0.852. The number of imide groups is 1. The van der Waals surface area contributed by atoms with E-state index in [9.17, 15) is 33.7 Å². The van der Waals surface area contributed by atoms with Crippen LogP contribution in [-0.2, 0) is 14.4 Å². The number of rotatable bonds is 7. The molecular formula is C28H18BrFN4O7S2. The van der Waals surface area contributed by atoms with E-state index in [0.29, 0.717) is 25.6 Å². The molecular weight excluding hydrogens is 667 g/mol. The third kappa shape index (κ3) is 5.46. The van der Waals surface area contributed by atoms with Gasteiger partial charge in [0.1, 0.15) is 16.8 Å². The lowest BCUT2D eigenvalue weighted by Gasteiger charge is -2.31. The number of carbonyl (C=O) groups is 3. The Balaban J connectivity index is 1.35. The number of aromatic nitrogens is 1. The van der Waals surface area contributed by atoms with Crippen LogP contribution in [0.2, 0.25) is 0 Å². The van der Waals surface area contributed by atoms with Crippen LogP contribution in [0.5, 0.6) is 5.75 Å². The van der Waals surface area contributed by atoms with E-state index < -0.39 is 52.2 Å². The molecule has 6 rings (SSSR count). The molecule has 3 heterocycles. The maximum atomic E-state index is 14.0. The zero-order chi connectivity index (χ0) is 30.4. The predicted molar refractivity (Wildman–Crippen MR) is 160 cm³/mol. The number of amides is 3. The molecule has 43 heavy (non-hydrogen) atoms. The molecule has 15 heteroatoms. The number of H-pyrrole nitrogens is 1. The number of nitrogens with one attached hydrogen (secondary N) is 2. The molecule has 218 valence electrons. The summed E-state index contributed by atoms with van der Waals surface area (Å²) >= 11 is 5.46. The van der Waals surface area contributed by atoms with Gasteiger partial charge in [0.05, 0.1) is 21.6 Å². The zero-order valence-electron chi connectivity index (χ0n) is 21.6. The fourth-order valence-electron chi connectivity index (χ4n) is 5.10. The molecule has 0 saturated carbocycles. The van der Waals surface area contributed by atoms with E-state index in [4.69, 9.17) is 4.74 Å². The minimum Gasteiger partial charge on any atom is -0.483 e. The molecule has 2 aliphatic rings. The number of hydrogen-bond acceptors (Lipinski definition) is 9. The quantitative estimate of drug-likeness (QED) is 0.156. The average molecular weight is 686 g/mol. The number of thiazole rings is 1. The number of carbonyl (C=O) groups excluding carboxylic acids is 3. The molecule has 11 nitrogen and oxygen atoms in total. The van der Waals surface area contributed by atoms with Gasteiger partial charge in [0.25, 0.3) is 11.6 Å². The molecule has 0 spiro atoms. The molecule has 1 fully saturated rings. The van der Waals surface area contributed by atoms with Gasteiger partial charge in [-0.3, -0.25) is 29.3 Å². The van der Waals surface area contributed by atoms with Gasteiger partial charge in [-0.2, -0.15) is 0 Å². The van der Waals surface area contributed by atoms with Crippen molar-refractivity contribution >= 4 is 73.8 Å². The Labute approximate surface area is 258 Å². The molecule has 0 unspecified atom stereocenters. The Kier molecular flexibility index (Phi) is 7.62. The molecule has 3 atom stereocenters. The van der Waals surface area contributed by atoms with Crippen molar-refractivity contribution < 1.29 is 28.4 Å². The maximum absolute atomic E-state index is 14.0. The second kappa shape index (κ2) is 11.4. The van der Waals surface area contributed by atoms with Crippen LogP contribution in [0.3, 0.4) is 0 Å². The van der Waals surface area contributed by atoms with Crippen molar-refractivity contribution in [3.8, 4) is 5.75 Å². The van der Waals surface area contributed by atoms with Gasteiger partial charge in [-0.15, -0.1) is 0 Å². The lowest BCUT2D eigenvalue weighted by Crippen LogP contribution is -2.32. The molecule has 1 saturated heterocycles. The van der Waals surface area contributed by atoms with Crippen molar-refractivity contribution in [3.05, 3.63) is 107 Å². The van der Waals surface area contributed by atoms with Crippen LogP contribution in [0, 0.1) is 21.8 Å². The van der Waals surface area contributed by atoms with E-state index in [1.807, 2.05) is 0 Å². The molecule has 0 bridgehead atoms. The van der Waals surface area contributed by atoms with Crippen LogP contribution < -0.4 is 19.8 Å². The van der Waals surface area contributed by atoms with Gasteiger partial charge in [0, 0.05) is 38.7 Å². The third-order valence-corrected chi connectivity index (χ3v) is 9.83. The van der Waals surface area contributed by atoms with Gasteiger partial charge in [0.2, 0.25) is 11.8 Å². The van der Waals surface area contributed by atoms with E-state index >= 15 is 0 Å². The SMILES string of the molecule is O=C(COc1ccc(Br)cc1[C@@H]1c2sc(=O)[nH]c2S[C@H]2C(=O)N(c3ccc([N+](=O)[O-])cc3)C(=O)[C@@H]12)Nc1ccc(F)cc1. The monoisotopic (exact) mass is 684 g/mol. The van der Waals surface area contributed by atoms with E-state index in [-0.39, 0.29) is 22.0 Å². The smallest absolute Gasteiger partial charge is 0.305 e. The second-order valence-corrected chi connectivity index (χ2v) is 12.6. The van der Waals surface area contributed by atoms with E-state index in [2.05, 4.69) is 26.2 Å². The number of thioether (sulfide) groups is 1. The van der Waals surface area contributed by atoms with Crippen molar-refractivity contribution in [2.24, 2.45) is 5.92 Å². The van der Waals surface area contributed by atoms with Gasteiger partial charge in [-0.05, 0) is 54.6 Å². The molecule has 2 N–H and O–H groups in total. The lowest BCUT2D eigenvalue weighted by molar-refractivity contribution is -0.384. The summed E-state index contributed by atoms with van der Waals surface area (Å²) in [5, 5.41) is 13.3. The van der Waals surface area contributed by atoms with Crippen LogP contribution in [0.15, 0.2) is 81.0 Å². The number of nitro groups is 1. The van der Waals surface area contributed by atoms with Crippen LogP contribution >= 0.6 is 39.0 Å². The highest BCUT2D eigenvalue weighted by Gasteiger charge is 2.57. The van der Waals surface area contributed by atoms with Crippen LogP contribution in [0.4, 0.5) is 21.5 Å². The highest BCUT2D eigenvalue weighted by Crippen LogP contribution is 2.54. The van der Waals surface area contributed by atoms with Crippen molar-refractivity contribution in [3.63, 3.8) is 0 Å². The van der Waals surface area contributed by atoms with Crippen molar-refractivity contribution in [2.45, 2.75) is 16.2 Å².